The second-order valence-electron chi connectivity index (χ2n) is 4.36. The maximum Gasteiger partial charge on any atom is 0.304 e. The lowest BCUT2D eigenvalue weighted by Gasteiger charge is -2.22. The van der Waals surface area contributed by atoms with E-state index in [1.807, 2.05) is 24.3 Å². The van der Waals surface area contributed by atoms with Gasteiger partial charge in [-0.25, -0.2) is 0 Å². The van der Waals surface area contributed by atoms with Crippen molar-refractivity contribution in [1.82, 2.24) is 4.90 Å². The summed E-state index contributed by atoms with van der Waals surface area (Å²) < 4.78 is 5.02. The molecular formula is C14H20ClNO3. The van der Waals surface area contributed by atoms with E-state index >= 15 is 0 Å². The Bertz CT molecular complexity index is 398. The lowest BCUT2D eigenvalue weighted by Crippen LogP contribution is -2.28. The van der Waals surface area contributed by atoms with Crippen LogP contribution in [0.3, 0.4) is 0 Å². The van der Waals surface area contributed by atoms with Crippen LogP contribution < -0.4 is 0 Å². The number of benzene rings is 1. The highest BCUT2D eigenvalue weighted by Crippen LogP contribution is 2.17. The molecule has 0 aliphatic carbocycles. The highest BCUT2D eigenvalue weighted by Gasteiger charge is 2.10. The van der Waals surface area contributed by atoms with E-state index in [0.717, 1.165) is 23.6 Å². The molecule has 0 fully saturated rings. The molecule has 0 radical (unpaired) electrons. The van der Waals surface area contributed by atoms with Crippen molar-refractivity contribution in [2.24, 2.45) is 0 Å². The van der Waals surface area contributed by atoms with E-state index in [1.165, 1.54) is 0 Å². The molecule has 106 valence electrons. The number of hydrogen-bond donors (Lipinski definition) is 1. The molecule has 0 saturated heterocycles. The number of hydrogen-bond acceptors (Lipinski definition) is 3. The second kappa shape index (κ2) is 8.91. The first-order valence-electron chi connectivity index (χ1n) is 6.30. The van der Waals surface area contributed by atoms with Crippen LogP contribution >= 0.6 is 11.6 Å². The van der Waals surface area contributed by atoms with Crippen molar-refractivity contribution < 1.29 is 14.6 Å². The molecule has 0 spiro atoms. The summed E-state index contributed by atoms with van der Waals surface area (Å²) in [5.74, 6) is -0.782. The van der Waals surface area contributed by atoms with Crippen molar-refractivity contribution in [2.75, 3.05) is 26.8 Å². The van der Waals surface area contributed by atoms with E-state index in [1.54, 1.807) is 7.11 Å². The zero-order valence-corrected chi connectivity index (χ0v) is 11.9. The van der Waals surface area contributed by atoms with Gasteiger partial charge >= 0.3 is 5.97 Å². The number of halogens is 1. The van der Waals surface area contributed by atoms with Crippen LogP contribution in [-0.4, -0.2) is 42.8 Å². The van der Waals surface area contributed by atoms with E-state index in [4.69, 9.17) is 21.4 Å². The normalized spacial score (nSPS) is 10.9. The van der Waals surface area contributed by atoms with Gasteiger partial charge in [0, 0.05) is 38.4 Å². The average molecular weight is 286 g/mol. The van der Waals surface area contributed by atoms with Crippen LogP contribution in [0.2, 0.25) is 5.02 Å². The van der Waals surface area contributed by atoms with Crippen LogP contribution in [0.1, 0.15) is 18.4 Å². The van der Waals surface area contributed by atoms with Gasteiger partial charge in [-0.05, 0) is 18.1 Å². The lowest BCUT2D eigenvalue weighted by atomic mass is 10.2. The van der Waals surface area contributed by atoms with Crippen molar-refractivity contribution in [2.45, 2.75) is 19.4 Å². The molecule has 0 amide bonds. The van der Waals surface area contributed by atoms with Crippen LogP contribution in [0, 0.1) is 0 Å². The summed E-state index contributed by atoms with van der Waals surface area (Å²) in [6.45, 7) is 2.65. The molecule has 0 aromatic heterocycles. The Kier molecular flexibility index (Phi) is 7.48. The summed E-state index contributed by atoms with van der Waals surface area (Å²) in [5.41, 5.74) is 1.02. The van der Waals surface area contributed by atoms with Crippen molar-refractivity contribution in [3.63, 3.8) is 0 Å². The molecule has 1 aromatic carbocycles. The Morgan fingerprint density at radius 2 is 2.11 bits per heavy atom. The average Bonchev–Trinajstić information content (AvgIpc) is 2.38. The van der Waals surface area contributed by atoms with E-state index in [0.29, 0.717) is 19.7 Å². The maximum absolute atomic E-state index is 10.7. The monoisotopic (exact) mass is 285 g/mol. The molecule has 0 aliphatic heterocycles. The van der Waals surface area contributed by atoms with E-state index in [2.05, 4.69) is 4.90 Å². The van der Waals surface area contributed by atoms with E-state index in [-0.39, 0.29) is 6.42 Å². The molecule has 0 saturated carbocycles. The van der Waals surface area contributed by atoms with Gasteiger partial charge in [0.1, 0.15) is 0 Å². The molecular weight excluding hydrogens is 266 g/mol. The Morgan fingerprint density at radius 1 is 1.37 bits per heavy atom. The third-order valence-corrected chi connectivity index (χ3v) is 3.19. The molecule has 1 N–H and O–H groups in total. The summed E-state index contributed by atoms with van der Waals surface area (Å²) in [7, 11) is 1.66. The minimum atomic E-state index is -0.782. The summed E-state index contributed by atoms with van der Waals surface area (Å²) in [5, 5.41) is 9.49. The zero-order valence-electron chi connectivity index (χ0n) is 11.1. The number of carboxylic acids is 1. The third kappa shape index (κ3) is 6.57. The van der Waals surface area contributed by atoms with Gasteiger partial charge in [-0.15, -0.1) is 0 Å². The Labute approximate surface area is 118 Å². The van der Waals surface area contributed by atoms with Gasteiger partial charge in [0.15, 0.2) is 0 Å². The van der Waals surface area contributed by atoms with Gasteiger partial charge in [-0.2, -0.15) is 0 Å². The number of ether oxygens (including phenoxy) is 1. The van der Waals surface area contributed by atoms with Crippen LogP contribution in [0.4, 0.5) is 0 Å². The molecule has 19 heavy (non-hydrogen) atoms. The van der Waals surface area contributed by atoms with Gasteiger partial charge in [0.05, 0.1) is 6.42 Å². The lowest BCUT2D eigenvalue weighted by molar-refractivity contribution is -0.137. The van der Waals surface area contributed by atoms with E-state index < -0.39 is 5.97 Å². The van der Waals surface area contributed by atoms with Crippen molar-refractivity contribution >= 4 is 17.6 Å². The van der Waals surface area contributed by atoms with E-state index in [9.17, 15) is 4.79 Å². The molecule has 4 nitrogen and oxygen atoms in total. The van der Waals surface area contributed by atoms with Crippen molar-refractivity contribution in [3.05, 3.63) is 34.9 Å². The largest absolute Gasteiger partial charge is 0.481 e. The van der Waals surface area contributed by atoms with Gasteiger partial charge in [0.2, 0.25) is 0 Å². The summed E-state index contributed by atoms with van der Waals surface area (Å²) in [4.78, 5) is 12.8. The van der Waals surface area contributed by atoms with Crippen LogP contribution in [0.25, 0.3) is 0 Å². The first-order valence-corrected chi connectivity index (χ1v) is 6.67. The van der Waals surface area contributed by atoms with Gasteiger partial charge in [-0.1, -0.05) is 29.8 Å². The number of aliphatic carboxylic acids is 1. The molecule has 0 atom stereocenters. The predicted molar refractivity (Wildman–Crippen MR) is 75.5 cm³/mol. The third-order valence-electron chi connectivity index (χ3n) is 2.82. The Balaban J connectivity index is 2.56. The fourth-order valence-corrected chi connectivity index (χ4v) is 2.02. The maximum atomic E-state index is 10.7. The number of rotatable bonds is 9. The molecule has 0 unspecified atom stereocenters. The van der Waals surface area contributed by atoms with Crippen LogP contribution in [-0.2, 0) is 16.1 Å². The molecule has 0 bridgehead atoms. The number of carbonyl (C=O) groups is 1. The standard InChI is InChI=1S/C14H20ClNO3/c1-19-10-4-8-16(9-7-14(17)18)11-12-5-2-3-6-13(12)15/h2-3,5-6H,4,7-11H2,1H3,(H,17,18). The number of nitrogens with zero attached hydrogens (tertiary/aromatic N) is 1. The smallest absolute Gasteiger partial charge is 0.304 e. The molecule has 1 aromatic rings. The zero-order chi connectivity index (χ0) is 14.1. The molecule has 0 heterocycles. The topological polar surface area (TPSA) is 49.8 Å². The van der Waals surface area contributed by atoms with Crippen LogP contribution in [0.5, 0.6) is 0 Å². The first kappa shape index (κ1) is 16.0. The predicted octanol–water partition coefficient (Wildman–Crippen LogP) is 2.65. The molecule has 5 heteroatoms. The fourth-order valence-electron chi connectivity index (χ4n) is 1.82. The van der Waals surface area contributed by atoms with Crippen LogP contribution in [0.15, 0.2) is 24.3 Å². The highest BCUT2D eigenvalue weighted by atomic mass is 35.5. The first-order chi connectivity index (χ1) is 9.13. The fraction of sp³-hybridized carbons (Fsp3) is 0.500. The minimum absolute atomic E-state index is 0.136. The second-order valence-corrected chi connectivity index (χ2v) is 4.76. The quantitative estimate of drug-likeness (QED) is 0.709. The van der Waals surface area contributed by atoms with Gasteiger partial charge in [0.25, 0.3) is 0 Å². The van der Waals surface area contributed by atoms with Gasteiger partial charge in [-0.3, -0.25) is 9.69 Å². The van der Waals surface area contributed by atoms with Crippen molar-refractivity contribution in [3.8, 4) is 0 Å². The molecule has 0 aliphatic rings. The number of methoxy groups -OCH3 is 1. The van der Waals surface area contributed by atoms with Gasteiger partial charge < -0.3 is 9.84 Å². The minimum Gasteiger partial charge on any atom is -0.481 e. The Morgan fingerprint density at radius 3 is 2.74 bits per heavy atom. The number of carboxylic acid groups (broad SMARTS) is 1. The summed E-state index contributed by atoms with van der Waals surface area (Å²) in [6.07, 6.45) is 1.01. The van der Waals surface area contributed by atoms with Crippen molar-refractivity contribution in [1.29, 1.82) is 0 Å². The summed E-state index contributed by atoms with van der Waals surface area (Å²) in [6, 6.07) is 7.64. The Hall–Kier alpha value is -1.10. The highest BCUT2D eigenvalue weighted by molar-refractivity contribution is 6.31. The summed E-state index contributed by atoms with van der Waals surface area (Å²) >= 11 is 6.12. The molecule has 1 rings (SSSR count). The SMILES string of the molecule is COCCCN(CCC(=O)O)Cc1ccccc1Cl.